The van der Waals surface area contributed by atoms with Gasteiger partial charge in [-0.15, -0.1) is 0 Å². The maximum atomic E-state index is 11.0. The van der Waals surface area contributed by atoms with E-state index in [2.05, 4.69) is 42.2 Å². The minimum Gasteiger partial charge on any atom is -0.494 e. The van der Waals surface area contributed by atoms with Crippen molar-refractivity contribution in [3.05, 3.63) is 65.7 Å². The van der Waals surface area contributed by atoms with Crippen LogP contribution in [0.2, 0.25) is 0 Å². The normalized spacial score (nSPS) is 13.9. The molecule has 1 heterocycles. The van der Waals surface area contributed by atoms with E-state index in [1.54, 1.807) is 12.1 Å². The van der Waals surface area contributed by atoms with E-state index in [0.29, 0.717) is 5.56 Å². The van der Waals surface area contributed by atoms with E-state index in [0.717, 1.165) is 44.0 Å². The van der Waals surface area contributed by atoms with Crippen molar-refractivity contribution in [3.63, 3.8) is 0 Å². The Balaban J connectivity index is 1.53. The summed E-state index contributed by atoms with van der Waals surface area (Å²) in [6, 6.07) is 15.5. The van der Waals surface area contributed by atoms with Crippen molar-refractivity contribution in [1.82, 2.24) is 0 Å². The first-order chi connectivity index (χ1) is 13.7. The Hall–Kier alpha value is -2.75. The van der Waals surface area contributed by atoms with E-state index in [1.807, 2.05) is 12.1 Å². The maximum absolute atomic E-state index is 11.0. The molecule has 0 radical (unpaired) electrons. The summed E-state index contributed by atoms with van der Waals surface area (Å²) in [5, 5.41) is 9.02. The molecule has 0 aromatic heterocycles. The second-order valence-corrected chi connectivity index (χ2v) is 7.21. The van der Waals surface area contributed by atoms with Gasteiger partial charge in [-0.05, 0) is 60.4 Å². The Labute approximate surface area is 167 Å². The molecule has 1 aliphatic rings. The molecule has 0 fully saturated rings. The van der Waals surface area contributed by atoms with Gasteiger partial charge in [0.1, 0.15) is 5.75 Å². The van der Waals surface area contributed by atoms with Crippen LogP contribution in [-0.2, 0) is 0 Å². The summed E-state index contributed by atoms with van der Waals surface area (Å²) >= 11 is 0. The topological polar surface area (TPSA) is 49.8 Å². The van der Waals surface area contributed by atoms with Crippen LogP contribution in [-0.4, -0.2) is 30.8 Å². The molecular weight excluding hydrogens is 350 g/mol. The Kier molecular flexibility index (Phi) is 7.12. The smallest absolute Gasteiger partial charge is 0.335 e. The molecule has 1 aliphatic heterocycles. The monoisotopic (exact) mass is 379 g/mol. The highest BCUT2D eigenvalue weighted by atomic mass is 16.5. The number of anilines is 1. The lowest BCUT2D eigenvalue weighted by Gasteiger charge is -2.28. The summed E-state index contributed by atoms with van der Waals surface area (Å²) in [6.45, 7) is 4.76. The molecular formula is C24H29NO3. The van der Waals surface area contributed by atoms with E-state index in [9.17, 15) is 4.79 Å². The number of aromatic carboxylic acids is 1. The third-order valence-corrected chi connectivity index (χ3v) is 5.18. The highest BCUT2D eigenvalue weighted by Gasteiger charge is 2.14. The van der Waals surface area contributed by atoms with Gasteiger partial charge in [-0.1, -0.05) is 44.4 Å². The molecule has 0 atom stereocenters. The molecule has 0 aliphatic carbocycles. The number of hydrogen-bond acceptors (Lipinski definition) is 3. The van der Waals surface area contributed by atoms with E-state index in [-0.39, 0.29) is 0 Å². The van der Waals surface area contributed by atoms with Crippen molar-refractivity contribution in [2.75, 3.05) is 24.6 Å². The van der Waals surface area contributed by atoms with Gasteiger partial charge in [0.05, 0.1) is 12.2 Å². The summed E-state index contributed by atoms with van der Waals surface area (Å²) in [6.07, 6.45) is 8.10. The van der Waals surface area contributed by atoms with Crippen LogP contribution < -0.4 is 9.64 Å². The van der Waals surface area contributed by atoms with Crippen LogP contribution in [0.25, 0.3) is 5.57 Å². The molecule has 3 rings (SSSR count). The van der Waals surface area contributed by atoms with Crippen LogP contribution in [0.15, 0.2) is 54.6 Å². The van der Waals surface area contributed by atoms with Crippen LogP contribution in [0.3, 0.4) is 0 Å². The second-order valence-electron chi connectivity index (χ2n) is 7.21. The third-order valence-electron chi connectivity index (χ3n) is 5.18. The van der Waals surface area contributed by atoms with Gasteiger partial charge in [0.25, 0.3) is 0 Å². The molecule has 148 valence electrons. The number of carbonyl (C=O) groups is 1. The van der Waals surface area contributed by atoms with Gasteiger partial charge in [-0.2, -0.15) is 0 Å². The van der Waals surface area contributed by atoms with Crippen LogP contribution in [0.1, 0.15) is 54.9 Å². The first-order valence-corrected chi connectivity index (χ1v) is 10.2. The Morgan fingerprint density at radius 2 is 1.79 bits per heavy atom. The largest absolute Gasteiger partial charge is 0.494 e. The molecule has 2 aromatic rings. The SMILES string of the molecule is CCCCCCOc1ccc(C2=CCN(c3ccc(C(=O)O)cc3)CC2)cc1. The number of nitrogens with zero attached hydrogens (tertiary/aromatic N) is 1. The van der Waals surface area contributed by atoms with Gasteiger partial charge in [-0.3, -0.25) is 0 Å². The lowest BCUT2D eigenvalue weighted by molar-refractivity contribution is 0.0697. The average molecular weight is 380 g/mol. The van der Waals surface area contributed by atoms with Gasteiger partial charge in [0.2, 0.25) is 0 Å². The van der Waals surface area contributed by atoms with E-state index in [4.69, 9.17) is 9.84 Å². The Bertz CT molecular complexity index is 794. The minimum atomic E-state index is -0.888. The quantitative estimate of drug-likeness (QED) is 0.573. The van der Waals surface area contributed by atoms with Crippen molar-refractivity contribution >= 4 is 17.2 Å². The molecule has 2 aromatic carbocycles. The predicted octanol–water partition coefficient (Wildman–Crippen LogP) is 5.64. The zero-order valence-corrected chi connectivity index (χ0v) is 16.6. The predicted molar refractivity (Wildman–Crippen MR) is 114 cm³/mol. The van der Waals surface area contributed by atoms with Gasteiger partial charge in [0.15, 0.2) is 0 Å². The average Bonchev–Trinajstić information content (AvgIpc) is 2.74. The molecule has 0 unspecified atom stereocenters. The fourth-order valence-electron chi connectivity index (χ4n) is 3.46. The van der Waals surface area contributed by atoms with Gasteiger partial charge in [0, 0.05) is 18.8 Å². The first kappa shape index (κ1) is 20.0. The molecule has 0 amide bonds. The number of rotatable bonds is 9. The van der Waals surface area contributed by atoms with E-state index < -0.39 is 5.97 Å². The number of ether oxygens (including phenoxy) is 1. The number of carboxylic acid groups (broad SMARTS) is 1. The molecule has 0 saturated carbocycles. The summed E-state index contributed by atoms with van der Waals surface area (Å²) in [5.74, 6) is 0.0533. The summed E-state index contributed by atoms with van der Waals surface area (Å²) in [5.41, 5.74) is 3.99. The van der Waals surface area contributed by atoms with Crippen molar-refractivity contribution in [2.45, 2.75) is 39.0 Å². The summed E-state index contributed by atoms with van der Waals surface area (Å²) < 4.78 is 5.83. The molecule has 28 heavy (non-hydrogen) atoms. The minimum absolute atomic E-state index is 0.324. The zero-order chi connectivity index (χ0) is 19.8. The van der Waals surface area contributed by atoms with Gasteiger partial charge >= 0.3 is 5.97 Å². The third kappa shape index (κ3) is 5.38. The Morgan fingerprint density at radius 1 is 1.04 bits per heavy atom. The maximum Gasteiger partial charge on any atom is 0.335 e. The van der Waals surface area contributed by atoms with E-state index >= 15 is 0 Å². The van der Waals surface area contributed by atoms with Gasteiger partial charge < -0.3 is 14.7 Å². The Morgan fingerprint density at radius 3 is 2.39 bits per heavy atom. The standard InChI is InChI=1S/C24H29NO3/c1-2-3-4-5-18-28-23-12-8-19(9-13-23)20-14-16-25(17-15-20)22-10-6-21(7-11-22)24(26)27/h6-14H,2-5,15-18H2,1H3,(H,26,27). The van der Waals surface area contributed by atoms with Crippen molar-refractivity contribution in [2.24, 2.45) is 0 Å². The molecule has 0 bridgehead atoms. The molecule has 1 N–H and O–H groups in total. The number of unbranched alkanes of at least 4 members (excludes halogenated alkanes) is 3. The van der Waals surface area contributed by atoms with Crippen LogP contribution in [0.5, 0.6) is 5.75 Å². The van der Waals surface area contributed by atoms with Crippen molar-refractivity contribution in [3.8, 4) is 5.75 Å². The number of hydrogen-bond donors (Lipinski definition) is 1. The highest BCUT2D eigenvalue weighted by molar-refractivity contribution is 5.88. The molecule has 0 saturated heterocycles. The fraction of sp³-hybridized carbons (Fsp3) is 0.375. The highest BCUT2D eigenvalue weighted by Crippen LogP contribution is 2.27. The van der Waals surface area contributed by atoms with Crippen molar-refractivity contribution in [1.29, 1.82) is 0 Å². The second kappa shape index (κ2) is 9.98. The molecule has 4 nitrogen and oxygen atoms in total. The van der Waals surface area contributed by atoms with Crippen LogP contribution >= 0.6 is 0 Å². The fourth-order valence-corrected chi connectivity index (χ4v) is 3.46. The number of carboxylic acids is 1. The van der Waals surface area contributed by atoms with Crippen LogP contribution in [0.4, 0.5) is 5.69 Å². The summed E-state index contributed by atoms with van der Waals surface area (Å²) in [4.78, 5) is 13.2. The summed E-state index contributed by atoms with van der Waals surface area (Å²) in [7, 11) is 0. The molecule has 0 spiro atoms. The van der Waals surface area contributed by atoms with Crippen molar-refractivity contribution < 1.29 is 14.6 Å². The zero-order valence-electron chi connectivity index (χ0n) is 16.6. The first-order valence-electron chi connectivity index (χ1n) is 10.2. The lowest BCUT2D eigenvalue weighted by Crippen LogP contribution is -2.28. The van der Waals surface area contributed by atoms with Crippen LogP contribution in [0, 0.1) is 0 Å². The molecule has 4 heteroatoms. The van der Waals surface area contributed by atoms with E-state index in [1.165, 1.54) is 30.4 Å². The lowest BCUT2D eigenvalue weighted by atomic mass is 9.99. The number of benzene rings is 2. The van der Waals surface area contributed by atoms with Gasteiger partial charge in [-0.25, -0.2) is 4.79 Å².